The van der Waals surface area contributed by atoms with E-state index < -0.39 is 0 Å². The number of terminal acetylenes is 1. The quantitative estimate of drug-likeness (QED) is 0.739. The standard InChI is InChI=1S/C14H19NO/c1-4-9-16-14-8-6-7-13(10-14)11-15-12(3)5-2/h2,6-8,10,12,15H,4,9,11H2,1,3H3. The molecule has 0 aromatic heterocycles. The molecule has 0 amide bonds. The number of ether oxygens (including phenoxy) is 1. The molecule has 1 unspecified atom stereocenters. The van der Waals surface area contributed by atoms with Crippen LogP contribution in [0.1, 0.15) is 25.8 Å². The number of hydrogen-bond acceptors (Lipinski definition) is 2. The molecule has 2 heteroatoms. The first-order valence-electron chi connectivity index (χ1n) is 5.67. The molecule has 1 N–H and O–H groups in total. The van der Waals surface area contributed by atoms with E-state index in [1.165, 1.54) is 5.56 Å². The van der Waals surface area contributed by atoms with Crippen molar-refractivity contribution in [2.75, 3.05) is 6.61 Å². The first-order chi connectivity index (χ1) is 7.76. The molecule has 1 aromatic rings. The molecule has 0 saturated carbocycles. The van der Waals surface area contributed by atoms with Gasteiger partial charge in [-0.05, 0) is 31.0 Å². The van der Waals surface area contributed by atoms with Gasteiger partial charge in [-0.25, -0.2) is 0 Å². The van der Waals surface area contributed by atoms with Crippen LogP contribution in [-0.2, 0) is 6.54 Å². The summed E-state index contributed by atoms with van der Waals surface area (Å²) in [5, 5.41) is 3.24. The largest absolute Gasteiger partial charge is 0.494 e. The van der Waals surface area contributed by atoms with Crippen LogP contribution in [0.5, 0.6) is 5.75 Å². The highest BCUT2D eigenvalue weighted by Gasteiger charge is 1.99. The van der Waals surface area contributed by atoms with Crippen LogP contribution in [0.15, 0.2) is 24.3 Å². The lowest BCUT2D eigenvalue weighted by Crippen LogP contribution is -2.23. The highest BCUT2D eigenvalue weighted by Crippen LogP contribution is 2.13. The molecule has 1 rings (SSSR count). The summed E-state index contributed by atoms with van der Waals surface area (Å²) in [4.78, 5) is 0. The second-order valence-electron chi connectivity index (χ2n) is 3.77. The fourth-order valence-electron chi connectivity index (χ4n) is 1.30. The van der Waals surface area contributed by atoms with Gasteiger partial charge in [0, 0.05) is 6.54 Å². The minimum Gasteiger partial charge on any atom is -0.494 e. The molecule has 0 aliphatic carbocycles. The first kappa shape index (κ1) is 12.6. The Morgan fingerprint density at radius 3 is 3.00 bits per heavy atom. The van der Waals surface area contributed by atoms with Gasteiger partial charge in [-0.1, -0.05) is 25.0 Å². The smallest absolute Gasteiger partial charge is 0.119 e. The molecule has 1 atom stereocenters. The van der Waals surface area contributed by atoms with Gasteiger partial charge in [0.05, 0.1) is 12.6 Å². The van der Waals surface area contributed by atoms with E-state index in [4.69, 9.17) is 11.2 Å². The summed E-state index contributed by atoms with van der Waals surface area (Å²) in [6, 6.07) is 8.19. The number of rotatable bonds is 6. The zero-order chi connectivity index (χ0) is 11.8. The van der Waals surface area contributed by atoms with Crippen LogP contribution in [0.25, 0.3) is 0 Å². The van der Waals surface area contributed by atoms with Crippen molar-refractivity contribution in [2.45, 2.75) is 32.9 Å². The Morgan fingerprint density at radius 1 is 1.50 bits per heavy atom. The van der Waals surface area contributed by atoms with Gasteiger partial charge in [0.2, 0.25) is 0 Å². The zero-order valence-electron chi connectivity index (χ0n) is 9.99. The van der Waals surface area contributed by atoms with Crippen molar-refractivity contribution in [2.24, 2.45) is 0 Å². The third-order valence-corrected chi connectivity index (χ3v) is 2.23. The minimum atomic E-state index is 0.0974. The normalized spacial score (nSPS) is 11.8. The van der Waals surface area contributed by atoms with Crippen molar-refractivity contribution in [1.29, 1.82) is 0 Å². The molecule has 0 aliphatic rings. The average Bonchev–Trinajstić information content (AvgIpc) is 2.34. The van der Waals surface area contributed by atoms with Crippen LogP contribution < -0.4 is 10.1 Å². The molecule has 1 aromatic carbocycles. The molecule has 0 heterocycles. The van der Waals surface area contributed by atoms with Gasteiger partial charge in [0.1, 0.15) is 5.75 Å². The van der Waals surface area contributed by atoms with Gasteiger partial charge in [-0.2, -0.15) is 0 Å². The molecule has 0 aliphatic heterocycles. The minimum absolute atomic E-state index is 0.0974. The van der Waals surface area contributed by atoms with Crippen molar-refractivity contribution in [1.82, 2.24) is 5.32 Å². The van der Waals surface area contributed by atoms with Crippen LogP contribution in [0.2, 0.25) is 0 Å². The summed E-state index contributed by atoms with van der Waals surface area (Å²) in [5.41, 5.74) is 1.19. The molecule has 86 valence electrons. The molecule has 0 spiro atoms. The van der Waals surface area contributed by atoms with E-state index in [9.17, 15) is 0 Å². The monoisotopic (exact) mass is 217 g/mol. The fraction of sp³-hybridized carbons (Fsp3) is 0.429. The fourth-order valence-corrected chi connectivity index (χ4v) is 1.30. The van der Waals surface area contributed by atoms with E-state index in [0.717, 1.165) is 25.3 Å². The second-order valence-corrected chi connectivity index (χ2v) is 3.77. The molecule has 16 heavy (non-hydrogen) atoms. The molecule has 0 radical (unpaired) electrons. The lowest BCUT2D eigenvalue weighted by atomic mass is 10.2. The first-order valence-corrected chi connectivity index (χ1v) is 5.67. The van der Waals surface area contributed by atoms with E-state index in [1.54, 1.807) is 0 Å². The molecular weight excluding hydrogens is 198 g/mol. The molecule has 0 bridgehead atoms. The van der Waals surface area contributed by atoms with E-state index >= 15 is 0 Å². The van der Waals surface area contributed by atoms with Gasteiger partial charge in [-0.15, -0.1) is 6.42 Å². The Bertz CT molecular complexity index is 354. The van der Waals surface area contributed by atoms with Crippen molar-refractivity contribution in [3.8, 4) is 18.1 Å². The second kappa shape index (κ2) is 6.92. The SMILES string of the molecule is C#CC(C)NCc1cccc(OCCC)c1. The summed E-state index contributed by atoms with van der Waals surface area (Å²) < 4.78 is 5.56. The Labute approximate surface area is 98.0 Å². The number of benzene rings is 1. The maximum atomic E-state index is 5.56. The maximum Gasteiger partial charge on any atom is 0.119 e. The van der Waals surface area contributed by atoms with Crippen LogP contribution in [0.4, 0.5) is 0 Å². The van der Waals surface area contributed by atoms with Crippen molar-refractivity contribution < 1.29 is 4.74 Å². The Hall–Kier alpha value is -1.46. The van der Waals surface area contributed by atoms with Gasteiger partial charge in [0.15, 0.2) is 0 Å². The molecular formula is C14H19NO. The lowest BCUT2D eigenvalue weighted by Gasteiger charge is -2.09. The average molecular weight is 217 g/mol. The van der Waals surface area contributed by atoms with E-state index in [-0.39, 0.29) is 6.04 Å². The van der Waals surface area contributed by atoms with E-state index in [2.05, 4.69) is 24.2 Å². The number of hydrogen-bond donors (Lipinski definition) is 1. The highest BCUT2D eigenvalue weighted by molar-refractivity contribution is 5.28. The topological polar surface area (TPSA) is 21.3 Å². The van der Waals surface area contributed by atoms with E-state index in [0.29, 0.717) is 0 Å². The van der Waals surface area contributed by atoms with Gasteiger partial charge >= 0.3 is 0 Å². The van der Waals surface area contributed by atoms with Crippen LogP contribution >= 0.6 is 0 Å². The van der Waals surface area contributed by atoms with Crippen LogP contribution in [0, 0.1) is 12.3 Å². The summed E-state index contributed by atoms with van der Waals surface area (Å²) in [7, 11) is 0. The van der Waals surface area contributed by atoms with Gasteiger partial charge in [-0.3, -0.25) is 5.32 Å². The van der Waals surface area contributed by atoms with Crippen LogP contribution in [-0.4, -0.2) is 12.6 Å². The Kier molecular flexibility index (Phi) is 5.45. The summed E-state index contributed by atoms with van der Waals surface area (Å²) >= 11 is 0. The molecule has 2 nitrogen and oxygen atoms in total. The van der Waals surface area contributed by atoms with Gasteiger partial charge < -0.3 is 4.74 Å². The number of nitrogens with one attached hydrogen (secondary N) is 1. The van der Waals surface area contributed by atoms with Crippen molar-refractivity contribution in [3.63, 3.8) is 0 Å². The van der Waals surface area contributed by atoms with Crippen molar-refractivity contribution >= 4 is 0 Å². The van der Waals surface area contributed by atoms with Crippen molar-refractivity contribution in [3.05, 3.63) is 29.8 Å². The molecule has 0 saturated heterocycles. The summed E-state index contributed by atoms with van der Waals surface area (Å²) in [6.07, 6.45) is 6.32. The highest BCUT2D eigenvalue weighted by atomic mass is 16.5. The summed E-state index contributed by atoms with van der Waals surface area (Å²) in [5.74, 6) is 3.57. The zero-order valence-corrected chi connectivity index (χ0v) is 9.99. The van der Waals surface area contributed by atoms with E-state index in [1.807, 2.05) is 25.1 Å². The maximum absolute atomic E-state index is 5.56. The van der Waals surface area contributed by atoms with Crippen LogP contribution in [0.3, 0.4) is 0 Å². The van der Waals surface area contributed by atoms with Gasteiger partial charge in [0.25, 0.3) is 0 Å². The lowest BCUT2D eigenvalue weighted by molar-refractivity contribution is 0.317. The molecule has 0 fully saturated rings. The summed E-state index contributed by atoms with van der Waals surface area (Å²) in [6.45, 7) is 5.60. The predicted molar refractivity (Wildman–Crippen MR) is 67.4 cm³/mol. The third-order valence-electron chi connectivity index (χ3n) is 2.23. The third kappa shape index (κ3) is 4.37. The predicted octanol–water partition coefficient (Wildman–Crippen LogP) is 2.59. The Balaban J connectivity index is 2.50. The Morgan fingerprint density at radius 2 is 2.31 bits per heavy atom.